The first kappa shape index (κ1) is 17.7. The van der Waals surface area contributed by atoms with Gasteiger partial charge in [0.25, 0.3) is 0 Å². The zero-order valence-corrected chi connectivity index (χ0v) is 15.4. The Balaban J connectivity index is 1.50. The predicted molar refractivity (Wildman–Crippen MR) is 94.6 cm³/mol. The Hall–Kier alpha value is -1.10. The lowest BCUT2D eigenvalue weighted by Gasteiger charge is -2.42. The van der Waals surface area contributed by atoms with Gasteiger partial charge < -0.3 is 9.80 Å². The van der Waals surface area contributed by atoms with Gasteiger partial charge in [-0.1, -0.05) is 0 Å². The number of likely N-dealkylation sites (tertiary alicyclic amines) is 2. The highest BCUT2D eigenvalue weighted by Crippen LogP contribution is 2.32. The first-order valence-corrected chi connectivity index (χ1v) is 9.95. The van der Waals surface area contributed by atoms with E-state index in [9.17, 15) is 9.59 Å². The highest BCUT2D eigenvalue weighted by atomic mass is 16.2. The molecular formula is C19H33N3O2. The van der Waals surface area contributed by atoms with E-state index in [2.05, 4.69) is 23.6 Å². The third-order valence-electron chi connectivity index (χ3n) is 6.10. The fourth-order valence-corrected chi connectivity index (χ4v) is 4.37. The van der Waals surface area contributed by atoms with Gasteiger partial charge in [-0.15, -0.1) is 0 Å². The van der Waals surface area contributed by atoms with E-state index < -0.39 is 0 Å². The molecule has 136 valence electrons. The van der Waals surface area contributed by atoms with Crippen LogP contribution < -0.4 is 0 Å². The van der Waals surface area contributed by atoms with Gasteiger partial charge in [0.15, 0.2) is 0 Å². The summed E-state index contributed by atoms with van der Waals surface area (Å²) in [5, 5.41) is 0. The zero-order valence-electron chi connectivity index (χ0n) is 15.4. The molecule has 0 aromatic carbocycles. The van der Waals surface area contributed by atoms with Crippen molar-refractivity contribution >= 4 is 11.8 Å². The van der Waals surface area contributed by atoms with Gasteiger partial charge >= 0.3 is 0 Å². The van der Waals surface area contributed by atoms with Gasteiger partial charge in [-0.3, -0.25) is 14.5 Å². The van der Waals surface area contributed by atoms with Crippen molar-refractivity contribution in [3.63, 3.8) is 0 Å². The van der Waals surface area contributed by atoms with E-state index in [1.54, 1.807) is 0 Å². The van der Waals surface area contributed by atoms with Crippen molar-refractivity contribution in [2.45, 2.75) is 58.4 Å². The molecule has 1 atom stereocenters. The molecule has 2 aliphatic heterocycles. The van der Waals surface area contributed by atoms with Crippen LogP contribution in [0.15, 0.2) is 0 Å². The van der Waals surface area contributed by atoms with Crippen LogP contribution in [-0.2, 0) is 9.59 Å². The van der Waals surface area contributed by atoms with Crippen molar-refractivity contribution in [1.29, 1.82) is 0 Å². The molecular weight excluding hydrogens is 302 g/mol. The van der Waals surface area contributed by atoms with Crippen molar-refractivity contribution in [2.24, 2.45) is 11.8 Å². The monoisotopic (exact) mass is 335 g/mol. The van der Waals surface area contributed by atoms with Crippen LogP contribution in [0.3, 0.4) is 0 Å². The molecule has 5 heteroatoms. The van der Waals surface area contributed by atoms with E-state index in [0.717, 1.165) is 77.8 Å². The van der Waals surface area contributed by atoms with Gasteiger partial charge in [0, 0.05) is 44.7 Å². The summed E-state index contributed by atoms with van der Waals surface area (Å²) in [6.07, 6.45) is 6.50. The summed E-state index contributed by atoms with van der Waals surface area (Å²) in [6, 6.07) is 0.556. The molecule has 5 nitrogen and oxygen atoms in total. The van der Waals surface area contributed by atoms with Crippen molar-refractivity contribution in [3.05, 3.63) is 0 Å². The summed E-state index contributed by atoms with van der Waals surface area (Å²) in [5.74, 6) is 1.24. The minimum Gasteiger partial charge on any atom is -0.343 e. The third-order valence-corrected chi connectivity index (χ3v) is 6.10. The summed E-state index contributed by atoms with van der Waals surface area (Å²) >= 11 is 0. The van der Waals surface area contributed by atoms with Crippen molar-refractivity contribution in [3.8, 4) is 0 Å². The van der Waals surface area contributed by atoms with Crippen LogP contribution in [-0.4, -0.2) is 71.8 Å². The van der Waals surface area contributed by atoms with Gasteiger partial charge in [-0.25, -0.2) is 0 Å². The molecule has 0 N–H and O–H groups in total. The van der Waals surface area contributed by atoms with Gasteiger partial charge in [0.1, 0.15) is 0 Å². The molecule has 2 saturated heterocycles. The number of carbonyl (C=O) groups excluding carboxylic acids is 2. The Morgan fingerprint density at radius 1 is 0.917 bits per heavy atom. The second-order valence-corrected chi connectivity index (χ2v) is 7.68. The maximum Gasteiger partial charge on any atom is 0.226 e. The molecule has 1 aliphatic carbocycles. The Morgan fingerprint density at radius 2 is 1.58 bits per heavy atom. The number of carbonyl (C=O) groups is 2. The molecule has 2 heterocycles. The van der Waals surface area contributed by atoms with Gasteiger partial charge in [0.05, 0.1) is 5.92 Å². The topological polar surface area (TPSA) is 43.9 Å². The first-order valence-electron chi connectivity index (χ1n) is 9.95. The lowest BCUT2D eigenvalue weighted by atomic mass is 9.92. The van der Waals surface area contributed by atoms with Crippen molar-refractivity contribution < 1.29 is 9.59 Å². The summed E-state index contributed by atoms with van der Waals surface area (Å²) in [4.78, 5) is 31.4. The smallest absolute Gasteiger partial charge is 0.226 e. The van der Waals surface area contributed by atoms with Crippen LogP contribution in [0, 0.1) is 11.8 Å². The Morgan fingerprint density at radius 3 is 2.17 bits per heavy atom. The summed E-state index contributed by atoms with van der Waals surface area (Å²) in [5.41, 5.74) is 0. The highest BCUT2D eigenvalue weighted by Gasteiger charge is 2.37. The summed E-state index contributed by atoms with van der Waals surface area (Å²) in [7, 11) is 0. The van der Waals surface area contributed by atoms with Crippen LogP contribution >= 0.6 is 0 Å². The molecule has 3 aliphatic rings. The van der Waals surface area contributed by atoms with E-state index in [-0.39, 0.29) is 5.92 Å². The van der Waals surface area contributed by atoms with E-state index >= 15 is 0 Å². The second kappa shape index (κ2) is 7.85. The molecule has 0 spiro atoms. The number of amides is 2. The van der Waals surface area contributed by atoms with E-state index in [1.165, 1.54) is 0 Å². The van der Waals surface area contributed by atoms with Crippen LogP contribution in [0.2, 0.25) is 0 Å². The van der Waals surface area contributed by atoms with Gasteiger partial charge in [-0.05, 0) is 58.9 Å². The largest absolute Gasteiger partial charge is 0.343 e. The average molecular weight is 335 g/mol. The number of rotatable bonds is 5. The molecule has 3 fully saturated rings. The predicted octanol–water partition coefficient (Wildman–Crippen LogP) is 1.97. The molecule has 0 aromatic rings. The molecule has 3 rings (SSSR count). The van der Waals surface area contributed by atoms with Crippen LogP contribution in [0.1, 0.15) is 52.4 Å². The maximum absolute atomic E-state index is 12.7. The molecule has 0 unspecified atom stereocenters. The molecule has 24 heavy (non-hydrogen) atoms. The van der Waals surface area contributed by atoms with Crippen LogP contribution in [0.4, 0.5) is 0 Å². The number of hydrogen-bond acceptors (Lipinski definition) is 3. The van der Waals surface area contributed by atoms with Crippen LogP contribution in [0.25, 0.3) is 0 Å². The zero-order chi connectivity index (χ0) is 17.1. The van der Waals surface area contributed by atoms with Crippen molar-refractivity contribution in [2.75, 3.05) is 39.3 Å². The lowest BCUT2D eigenvalue weighted by Crippen LogP contribution is -2.52. The second-order valence-electron chi connectivity index (χ2n) is 7.68. The average Bonchev–Trinajstić information content (AvgIpc) is 3.47. The number of nitrogens with zero attached hydrogens (tertiary/aromatic N) is 3. The normalized spacial score (nSPS) is 26.4. The van der Waals surface area contributed by atoms with Crippen molar-refractivity contribution in [1.82, 2.24) is 14.7 Å². The molecule has 2 amide bonds. The fraction of sp³-hybridized carbons (Fsp3) is 0.895. The Bertz CT molecular complexity index is 452. The lowest BCUT2D eigenvalue weighted by molar-refractivity contribution is -0.137. The van der Waals surface area contributed by atoms with E-state index in [1.807, 2.05) is 4.90 Å². The molecule has 0 bridgehead atoms. The summed E-state index contributed by atoms with van der Waals surface area (Å²) in [6.45, 7) is 9.60. The van der Waals surface area contributed by atoms with Gasteiger partial charge in [-0.2, -0.15) is 0 Å². The minimum atomic E-state index is 0.171. The van der Waals surface area contributed by atoms with E-state index in [0.29, 0.717) is 23.8 Å². The van der Waals surface area contributed by atoms with Gasteiger partial charge in [0.2, 0.25) is 11.8 Å². The third kappa shape index (κ3) is 3.93. The fourth-order valence-electron chi connectivity index (χ4n) is 4.37. The molecule has 0 aromatic heterocycles. The first-order chi connectivity index (χ1) is 11.6. The molecule has 0 radical (unpaired) electrons. The summed E-state index contributed by atoms with van der Waals surface area (Å²) < 4.78 is 0. The number of hydrogen-bond donors (Lipinski definition) is 0. The van der Waals surface area contributed by atoms with Crippen LogP contribution in [0.5, 0.6) is 0 Å². The highest BCUT2D eigenvalue weighted by molar-refractivity contribution is 5.81. The van der Waals surface area contributed by atoms with E-state index in [4.69, 9.17) is 0 Å². The quantitative estimate of drug-likeness (QED) is 0.771. The maximum atomic E-state index is 12.7. The number of piperidine rings is 2. The Kier molecular flexibility index (Phi) is 5.80. The Labute approximate surface area is 146 Å². The SMILES string of the molecule is CCN(CC)C(=O)[C@H]1CCCN(C2CCN(C(=O)C3CC3)CC2)C1. The standard InChI is InChI=1S/C19H33N3O2/c1-3-20(4-2)19(24)16-6-5-11-22(14-16)17-9-12-21(13-10-17)18(23)15-7-8-15/h15-17H,3-14H2,1-2H3/t16-/m0/s1. The minimum absolute atomic E-state index is 0.171. The molecule has 1 saturated carbocycles.